The van der Waals surface area contributed by atoms with E-state index in [1.165, 1.54) is 0 Å². The number of carbonyl (C=O) groups excluding carboxylic acids is 1. The number of nitrogens with zero attached hydrogens (tertiary/aromatic N) is 3. The Labute approximate surface area is 202 Å². The normalized spacial score (nSPS) is 20.4. The van der Waals surface area contributed by atoms with E-state index in [1.54, 1.807) is 6.26 Å². The Bertz CT molecular complexity index is 822. The molecule has 1 amide bonds. The fourth-order valence-corrected chi connectivity index (χ4v) is 3.30. The first kappa shape index (κ1) is 31.2. The van der Waals surface area contributed by atoms with E-state index in [0.717, 1.165) is 45.1 Å². The van der Waals surface area contributed by atoms with Crippen molar-refractivity contribution in [2.24, 2.45) is 5.92 Å². The second-order valence-corrected chi connectivity index (χ2v) is 8.13. The first-order chi connectivity index (χ1) is 16.5. The molecule has 0 aromatic carbocycles. The number of furan rings is 1. The number of halogens is 6. The molecule has 2 saturated heterocycles. The van der Waals surface area contributed by atoms with Crippen LogP contribution in [-0.4, -0.2) is 115 Å². The molecule has 2 N–H and O–H groups in total. The Morgan fingerprint density at radius 3 is 2.03 bits per heavy atom. The molecule has 1 aromatic rings. The van der Waals surface area contributed by atoms with Gasteiger partial charge in [0.15, 0.2) is 0 Å². The van der Waals surface area contributed by atoms with Crippen molar-refractivity contribution in [2.75, 3.05) is 53.4 Å². The number of ether oxygens (including phenoxy) is 1. The van der Waals surface area contributed by atoms with Crippen LogP contribution in [0, 0.1) is 5.92 Å². The van der Waals surface area contributed by atoms with E-state index in [9.17, 15) is 31.1 Å². The monoisotopic (exact) mass is 535 g/mol. The minimum absolute atomic E-state index is 0.174. The zero-order chi connectivity index (χ0) is 27.7. The van der Waals surface area contributed by atoms with Gasteiger partial charge in [-0.25, -0.2) is 9.59 Å². The van der Waals surface area contributed by atoms with E-state index in [2.05, 4.69) is 4.90 Å². The van der Waals surface area contributed by atoms with Gasteiger partial charge in [0.25, 0.3) is 0 Å². The third-order valence-corrected chi connectivity index (χ3v) is 4.86. The molecule has 0 bridgehead atoms. The van der Waals surface area contributed by atoms with Crippen LogP contribution >= 0.6 is 0 Å². The lowest BCUT2D eigenvalue weighted by molar-refractivity contribution is -0.193. The van der Waals surface area contributed by atoms with Crippen LogP contribution in [-0.2, 0) is 25.7 Å². The average Bonchev–Trinajstić information content (AvgIpc) is 3.33. The highest BCUT2D eigenvalue weighted by Gasteiger charge is 2.39. The minimum Gasteiger partial charge on any atom is -0.475 e. The first-order valence-corrected chi connectivity index (χ1v) is 10.4. The minimum atomic E-state index is -5.08. The van der Waals surface area contributed by atoms with Crippen LogP contribution in [0.1, 0.15) is 5.76 Å². The summed E-state index contributed by atoms with van der Waals surface area (Å²) in [6.07, 6.45) is -8.28. The lowest BCUT2D eigenvalue weighted by Crippen LogP contribution is -2.38. The van der Waals surface area contributed by atoms with Crippen molar-refractivity contribution in [1.82, 2.24) is 14.7 Å². The Hall–Kier alpha value is -2.85. The Morgan fingerprint density at radius 2 is 1.58 bits per heavy atom. The van der Waals surface area contributed by atoms with Crippen molar-refractivity contribution >= 4 is 17.8 Å². The summed E-state index contributed by atoms with van der Waals surface area (Å²) in [5, 5.41) is 14.2. The molecular formula is C20H27F6N3O7. The molecule has 36 heavy (non-hydrogen) atoms. The van der Waals surface area contributed by atoms with Crippen LogP contribution in [0.4, 0.5) is 26.3 Å². The number of aliphatic carboxylic acids is 2. The Morgan fingerprint density at radius 1 is 1.03 bits per heavy atom. The number of carboxylic acid groups (broad SMARTS) is 2. The van der Waals surface area contributed by atoms with E-state index < -0.39 is 24.3 Å². The van der Waals surface area contributed by atoms with Crippen molar-refractivity contribution in [3.8, 4) is 0 Å². The number of alkyl halides is 6. The summed E-state index contributed by atoms with van der Waals surface area (Å²) in [6, 6.07) is 3.93. The van der Waals surface area contributed by atoms with Gasteiger partial charge in [0.2, 0.25) is 5.91 Å². The number of hydrogen-bond acceptors (Lipinski definition) is 7. The third-order valence-electron chi connectivity index (χ3n) is 4.86. The Balaban J connectivity index is 0.000000383. The van der Waals surface area contributed by atoms with Crippen LogP contribution in [0.5, 0.6) is 0 Å². The van der Waals surface area contributed by atoms with Gasteiger partial charge in [-0.3, -0.25) is 9.69 Å². The van der Waals surface area contributed by atoms with Crippen LogP contribution in [0.2, 0.25) is 0 Å². The maximum Gasteiger partial charge on any atom is 0.490 e. The fraction of sp³-hybridized carbons (Fsp3) is 0.650. The molecule has 0 spiro atoms. The molecule has 2 atom stereocenters. The summed E-state index contributed by atoms with van der Waals surface area (Å²) in [5.74, 6) is -3.94. The average molecular weight is 535 g/mol. The molecule has 2 aliphatic rings. The molecule has 3 rings (SSSR count). The predicted octanol–water partition coefficient (Wildman–Crippen LogP) is 1.77. The Kier molecular flexibility index (Phi) is 11.7. The number of amides is 1. The maximum absolute atomic E-state index is 12.2. The molecule has 0 aliphatic carbocycles. The highest BCUT2D eigenvalue weighted by Crippen LogP contribution is 2.24. The highest BCUT2D eigenvalue weighted by molar-refractivity contribution is 5.78. The lowest BCUT2D eigenvalue weighted by atomic mass is 10.1. The largest absolute Gasteiger partial charge is 0.490 e. The van der Waals surface area contributed by atoms with E-state index in [-0.39, 0.29) is 12.0 Å². The van der Waals surface area contributed by atoms with Crippen molar-refractivity contribution < 1.29 is 60.1 Å². The standard InChI is InChI=1S/C16H25N3O3.2C2HF3O2/c1-17(2)12-16(20)19-9-13-8-18(5-7-22-15(13)11-19)10-14-4-3-6-21-14;2*3-2(4,5)1(6)7/h3-4,6,13,15H,5,7-12H2,1-2H3;2*(H,6,7)/t13-,15+;;/m0../s1. The summed E-state index contributed by atoms with van der Waals surface area (Å²) in [4.78, 5) is 36.2. The summed E-state index contributed by atoms with van der Waals surface area (Å²) in [7, 11) is 3.85. The van der Waals surface area contributed by atoms with E-state index in [1.807, 2.05) is 36.0 Å². The second-order valence-electron chi connectivity index (χ2n) is 8.13. The molecule has 2 fully saturated rings. The number of likely N-dealkylation sites (tertiary alicyclic amines) is 1. The number of rotatable bonds is 4. The van der Waals surface area contributed by atoms with Crippen molar-refractivity contribution in [1.29, 1.82) is 0 Å². The smallest absolute Gasteiger partial charge is 0.475 e. The molecule has 16 heteroatoms. The molecule has 10 nitrogen and oxygen atoms in total. The van der Waals surface area contributed by atoms with Crippen LogP contribution in [0.25, 0.3) is 0 Å². The number of fused-ring (bicyclic) bond motifs is 1. The van der Waals surface area contributed by atoms with Gasteiger partial charge in [-0.2, -0.15) is 26.3 Å². The second kappa shape index (κ2) is 13.5. The van der Waals surface area contributed by atoms with Gasteiger partial charge in [0, 0.05) is 32.1 Å². The fourth-order valence-electron chi connectivity index (χ4n) is 3.30. The lowest BCUT2D eigenvalue weighted by Gasteiger charge is -2.23. The molecular weight excluding hydrogens is 508 g/mol. The van der Waals surface area contributed by atoms with Gasteiger partial charge in [0.05, 0.1) is 32.1 Å². The van der Waals surface area contributed by atoms with E-state index in [4.69, 9.17) is 29.0 Å². The quantitative estimate of drug-likeness (QED) is 0.556. The zero-order valence-electron chi connectivity index (χ0n) is 19.4. The molecule has 0 radical (unpaired) electrons. The first-order valence-electron chi connectivity index (χ1n) is 10.4. The number of likely N-dealkylation sites (N-methyl/N-ethyl adjacent to an activating group) is 1. The molecule has 206 valence electrons. The number of carboxylic acids is 2. The SMILES string of the molecule is CN(C)CC(=O)N1C[C@@H]2CN(Cc3ccco3)CCO[C@@H]2C1.O=C(O)C(F)(F)F.O=C(O)C(F)(F)F. The van der Waals surface area contributed by atoms with Gasteiger partial charge in [0.1, 0.15) is 5.76 Å². The van der Waals surface area contributed by atoms with Crippen molar-refractivity contribution in [2.45, 2.75) is 25.0 Å². The molecule has 1 aromatic heterocycles. The van der Waals surface area contributed by atoms with Gasteiger partial charge >= 0.3 is 24.3 Å². The van der Waals surface area contributed by atoms with Crippen LogP contribution in [0.15, 0.2) is 22.8 Å². The molecule has 0 saturated carbocycles. The van der Waals surface area contributed by atoms with Gasteiger partial charge < -0.3 is 29.2 Å². The molecule has 0 unspecified atom stereocenters. The van der Waals surface area contributed by atoms with Crippen LogP contribution in [0.3, 0.4) is 0 Å². The predicted molar refractivity (Wildman–Crippen MR) is 110 cm³/mol. The highest BCUT2D eigenvalue weighted by atomic mass is 19.4. The van der Waals surface area contributed by atoms with Gasteiger partial charge in [-0.1, -0.05) is 0 Å². The molecule has 3 heterocycles. The van der Waals surface area contributed by atoms with Crippen molar-refractivity contribution in [3.63, 3.8) is 0 Å². The number of hydrogen-bond donors (Lipinski definition) is 2. The summed E-state index contributed by atoms with van der Waals surface area (Å²) in [5.41, 5.74) is 0. The topological polar surface area (TPSA) is 124 Å². The van der Waals surface area contributed by atoms with E-state index in [0.29, 0.717) is 12.5 Å². The summed E-state index contributed by atoms with van der Waals surface area (Å²) < 4.78 is 74.9. The summed E-state index contributed by atoms with van der Waals surface area (Å²) >= 11 is 0. The summed E-state index contributed by atoms with van der Waals surface area (Å²) in [6.45, 7) is 5.40. The third kappa shape index (κ3) is 11.3. The van der Waals surface area contributed by atoms with Gasteiger partial charge in [-0.05, 0) is 26.2 Å². The van der Waals surface area contributed by atoms with Gasteiger partial charge in [-0.15, -0.1) is 0 Å². The van der Waals surface area contributed by atoms with E-state index >= 15 is 0 Å². The zero-order valence-corrected chi connectivity index (χ0v) is 19.4. The van der Waals surface area contributed by atoms with Crippen molar-refractivity contribution in [3.05, 3.63) is 24.2 Å². The maximum atomic E-state index is 12.2. The van der Waals surface area contributed by atoms with Crippen LogP contribution < -0.4 is 0 Å². The molecule has 2 aliphatic heterocycles. The number of carbonyl (C=O) groups is 3.